The molecule has 0 unspecified atom stereocenters. The Balaban J connectivity index is 2.70. The maximum atomic E-state index is 10.8. The van der Waals surface area contributed by atoms with E-state index < -0.39 is 5.97 Å². The Labute approximate surface area is 94.8 Å². The molecule has 0 saturated carbocycles. The zero-order valence-corrected chi connectivity index (χ0v) is 9.67. The molecular formula is C11H9BrO3. The van der Waals surface area contributed by atoms with Gasteiger partial charge in [-0.2, -0.15) is 0 Å². The van der Waals surface area contributed by atoms with Crippen LogP contribution in [0, 0.1) is 0 Å². The summed E-state index contributed by atoms with van der Waals surface area (Å²) in [5.41, 5.74) is 0.982. The molecule has 0 aliphatic heterocycles. The minimum Gasteiger partial charge on any atom is -0.478 e. The van der Waals surface area contributed by atoms with Crippen molar-refractivity contribution in [2.75, 3.05) is 0 Å². The average Bonchev–Trinajstić information content (AvgIpc) is 2.55. The third kappa shape index (κ3) is 1.65. The highest BCUT2D eigenvalue weighted by Crippen LogP contribution is 2.31. The summed E-state index contributed by atoms with van der Waals surface area (Å²) in [6.07, 6.45) is 0.775. The number of hydrogen-bond donors (Lipinski definition) is 1. The largest absolute Gasteiger partial charge is 0.478 e. The number of rotatable bonds is 2. The molecule has 0 saturated heterocycles. The molecule has 0 spiro atoms. The molecule has 1 N–H and O–H groups in total. The second kappa shape index (κ2) is 3.70. The van der Waals surface area contributed by atoms with Crippen LogP contribution < -0.4 is 0 Å². The predicted molar refractivity (Wildman–Crippen MR) is 60.3 cm³/mol. The third-order valence-electron chi connectivity index (χ3n) is 2.26. The molecule has 0 aliphatic rings. The molecule has 4 heteroatoms. The van der Waals surface area contributed by atoms with E-state index in [2.05, 4.69) is 15.9 Å². The monoisotopic (exact) mass is 268 g/mol. The van der Waals surface area contributed by atoms with E-state index in [-0.39, 0.29) is 5.56 Å². The first-order valence-corrected chi connectivity index (χ1v) is 5.37. The van der Waals surface area contributed by atoms with Crippen molar-refractivity contribution < 1.29 is 14.3 Å². The summed E-state index contributed by atoms with van der Waals surface area (Å²) in [6, 6.07) is 4.84. The van der Waals surface area contributed by atoms with Crippen molar-refractivity contribution in [3.05, 3.63) is 34.0 Å². The molecular weight excluding hydrogens is 260 g/mol. The molecule has 0 aliphatic carbocycles. The van der Waals surface area contributed by atoms with E-state index in [9.17, 15) is 4.79 Å². The van der Waals surface area contributed by atoms with E-state index >= 15 is 0 Å². The van der Waals surface area contributed by atoms with Crippen LogP contribution in [0.1, 0.15) is 23.0 Å². The van der Waals surface area contributed by atoms with Crippen LogP contribution in [-0.2, 0) is 6.42 Å². The first kappa shape index (κ1) is 10.2. The van der Waals surface area contributed by atoms with E-state index in [4.69, 9.17) is 9.52 Å². The zero-order chi connectivity index (χ0) is 11.0. The summed E-state index contributed by atoms with van der Waals surface area (Å²) in [4.78, 5) is 10.8. The fourth-order valence-corrected chi connectivity index (χ4v) is 2.15. The molecule has 2 rings (SSSR count). The van der Waals surface area contributed by atoms with Gasteiger partial charge in [-0.1, -0.05) is 6.92 Å². The number of carboxylic acid groups (broad SMARTS) is 1. The van der Waals surface area contributed by atoms with Gasteiger partial charge in [-0.15, -0.1) is 0 Å². The van der Waals surface area contributed by atoms with Gasteiger partial charge in [0.2, 0.25) is 0 Å². The topological polar surface area (TPSA) is 50.4 Å². The molecule has 1 aromatic heterocycles. The van der Waals surface area contributed by atoms with Crippen LogP contribution in [0.2, 0.25) is 0 Å². The summed E-state index contributed by atoms with van der Waals surface area (Å²) >= 11 is 3.41. The van der Waals surface area contributed by atoms with Gasteiger partial charge in [0.05, 0.1) is 10.0 Å². The smallest absolute Gasteiger partial charge is 0.335 e. The summed E-state index contributed by atoms with van der Waals surface area (Å²) in [6.45, 7) is 1.99. The Kier molecular flexibility index (Phi) is 2.52. The van der Waals surface area contributed by atoms with Crippen molar-refractivity contribution in [1.29, 1.82) is 0 Å². The number of fused-ring (bicyclic) bond motifs is 1. The molecule has 0 radical (unpaired) electrons. The number of hydrogen-bond acceptors (Lipinski definition) is 2. The van der Waals surface area contributed by atoms with Crippen molar-refractivity contribution in [1.82, 2.24) is 0 Å². The number of halogens is 1. The van der Waals surface area contributed by atoms with Crippen LogP contribution in [0.3, 0.4) is 0 Å². The van der Waals surface area contributed by atoms with Crippen LogP contribution >= 0.6 is 15.9 Å². The lowest BCUT2D eigenvalue weighted by atomic mass is 10.1. The number of benzene rings is 1. The molecule has 2 aromatic rings. The average molecular weight is 269 g/mol. The first-order valence-electron chi connectivity index (χ1n) is 4.57. The Morgan fingerprint density at radius 1 is 1.53 bits per heavy atom. The van der Waals surface area contributed by atoms with E-state index in [0.29, 0.717) is 5.58 Å². The van der Waals surface area contributed by atoms with Crippen molar-refractivity contribution >= 4 is 32.9 Å². The Morgan fingerprint density at radius 2 is 2.27 bits per heavy atom. The van der Waals surface area contributed by atoms with Gasteiger partial charge in [0, 0.05) is 11.8 Å². The fraction of sp³-hybridized carbons (Fsp3) is 0.182. The van der Waals surface area contributed by atoms with Crippen LogP contribution in [0.15, 0.2) is 27.1 Å². The van der Waals surface area contributed by atoms with Gasteiger partial charge < -0.3 is 9.52 Å². The molecule has 0 atom stereocenters. The Morgan fingerprint density at radius 3 is 2.87 bits per heavy atom. The molecule has 0 amide bonds. The SMILES string of the molecule is CCc1oc2ccc(C(=O)O)cc2c1Br. The number of aromatic carboxylic acids is 1. The highest BCUT2D eigenvalue weighted by atomic mass is 79.9. The zero-order valence-electron chi connectivity index (χ0n) is 8.08. The minimum atomic E-state index is -0.928. The van der Waals surface area contributed by atoms with Gasteiger partial charge in [-0.25, -0.2) is 4.79 Å². The van der Waals surface area contributed by atoms with Gasteiger partial charge in [-0.3, -0.25) is 0 Å². The molecule has 1 aromatic carbocycles. The number of furan rings is 1. The van der Waals surface area contributed by atoms with Crippen LogP contribution in [-0.4, -0.2) is 11.1 Å². The maximum absolute atomic E-state index is 10.8. The van der Waals surface area contributed by atoms with Crippen molar-refractivity contribution in [2.45, 2.75) is 13.3 Å². The lowest BCUT2D eigenvalue weighted by molar-refractivity contribution is 0.0697. The van der Waals surface area contributed by atoms with E-state index in [0.717, 1.165) is 22.0 Å². The molecule has 1 heterocycles. The molecule has 15 heavy (non-hydrogen) atoms. The molecule has 0 fully saturated rings. The maximum Gasteiger partial charge on any atom is 0.335 e. The minimum absolute atomic E-state index is 0.270. The standard InChI is InChI=1S/C11H9BrO3/c1-2-8-10(12)7-5-6(11(13)14)3-4-9(7)15-8/h3-5H,2H2,1H3,(H,13,14). The van der Waals surface area contributed by atoms with Crippen LogP contribution in [0.25, 0.3) is 11.0 Å². The Bertz CT molecular complexity index is 528. The summed E-state index contributed by atoms with van der Waals surface area (Å²) < 4.78 is 6.39. The van der Waals surface area contributed by atoms with Crippen molar-refractivity contribution in [3.63, 3.8) is 0 Å². The normalized spacial score (nSPS) is 10.8. The molecule has 3 nitrogen and oxygen atoms in total. The van der Waals surface area contributed by atoms with Gasteiger partial charge in [0.25, 0.3) is 0 Å². The highest BCUT2D eigenvalue weighted by molar-refractivity contribution is 9.10. The number of carbonyl (C=O) groups is 1. The molecule has 0 bridgehead atoms. The van der Waals surface area contributed by atoms with Crippen LogP contribution in [0.5, 0.6) is 0 Å². The number of carboxylic acids is 1. The van der Waals surface area contributed by atoms with Gasteiger partial charge in [0.15, 0.2) is 0 Å². The predicted octanol–water partition coefficient (Wildman–Crippen LogP) is 3.46. The summed E-state index contributed by atoms with van der Waals surface area (Å²) in [7, 11) is 0. The molecule has 78 valence electrons. The van der Waals surface area contributed by atoms with Crippen molar-refractivity contribution in [3.8, 4) is 0 Å². The lowest BCUT2D eigenvalue weighted by Gasteiger charge is -1.93. The fourth-order valence-electron chi connectivity index (χ4n) is 1.48. The van der Waals surface area contributed by atoms with Gasteiger partial charge in [-0.05, 0) is 34.1 Å². The van der Waals surface area contributed by atoms with Crippen LogP contribution in [0.4, 0.5) is 0 Å². The Hall–Kier alpha value is -1.29. The lowest BCUT2D eigenvalue weighted by Crippen LogP contribution is -1.94. The van der Waals surface area contributed by atoms with Gasteiger partial charge >= 0.3 is 5.97 Å². The van der Waals surface area contributed by atoms with E-state index in [1.54, 1.807) is 18.2 Å². The van der Waals surface area contributed by atoms with Gasteiger partial charge in [0.1, 0.15) is 11.3 Å². The quantitative estimate of drug-likeness (QED) is 0.908. The third-order valence-corrected chi connectivity index (χ3v) is 3.13. The van der Waals surface area contributed by atoms with E-state index in [1.165, 1.54) is 0 Å². The first-order chi connectivity index (χ1) is 7.13. The summed E-state index contributed by atoms with van der Waals surface area (Å²) in [5.74, 6) is -0.0874. The number of aryl methyl sites for hydroxylation is 1. The second-order valence-electron chi connectivity index (χ2n) is 3.21. The highest BCUT2D eigenvalue weighted by Gasteiger charge is 2.12. The van der Waals surface area contributed by atoms with Crippen molar-refractivity contribution in [2.24, 2.45) is 0 Å². The summed E-state index contributed by atoms with van der Waals surface area (Å²) in [5, 5.41) is 9.67. The van der Waals surface area contributed by atoms with E-state index in [1.807, 2.05) is 6.92 Å². The second-order valence-corrected chi connectivity index (χ2v) is 4.00.